The summed E-state index contributed by atoms with van der Waals surface area (Å²) in [7, 11) is 0. The molecule has 1 heterocycles. The maximum atomic E-state index is 5.83. The first-order valence-corrected chi connectivity index (χ1v) is 6.39. The summed E-state index contributed by atoms with van der Waals surface area (Å²) in [6.45, 7) is 5.49. The summed E-state index contributed by atoms with van der Waals surface area (Å²) < 4.78 is 0. The molecule has 2 atom stereocenters. The minimum Gasteiger partial charge on any atom is -0.361 e. The van der Waals surface area contributed by atoms with Crippen LogP contribution in [0.1, 0.15) is 19.4 Å². The fraction of sp³-hybridized carbons (Fsp3) is 0.467. The number of hydrogen-bond acceptors (Lipinski definition) is 1. The number of para-hydroxylation sites is 1. The number of fused-ring (bicyclic) bond motifs is 1. The molecular weight excluding hydrogens is 208 g/mol. The second-order valence-electron chi connectivity index (χ2n) is 5.83. The van der Waals surface area contributed by atoms with E-state index in [1.807, 2.05) is 0 Å². The fourth-order valence-electron chi connectivity index (χ4n) is 3.27. The van der Waals surface area contributed by atoms with Gasteiger partial charge in [0.05, 0.1) is 0 Å². The third kappa shape index (κ3) is 1.59. The SMILES string of the molecule is CC1(C)[C@@H](CN)[C@@H]1Cc1c[nH]c2ccccc12. The van der Waals surface area contributed by atoms with E-state index in [1.54, 1.807) is 0 Å². The second-order valence-corrected chi connectivity index (χ2v) is 5.83. The van der Waals surface area contributed by atoms with Crippen molar-refractivity contribution < 1.29 is 0 Å². The Labute approximate surface area is 102 Å². The molecule has 1 aliphatic carbocycles. The standard InChI is InChI=1S/C15H20N2/c1-15(2)12(13(15)8-16)7-10-9-17-14-6-4-3-5-11(10)14/h3-6,9,12-13,17H,7-8,16H2,1-2H3/t12-,13-/m0/s1. The van der Waals surface area contributed by atoms with Gasteiger partial charge in [0.25, 0.3) is 0 Å². The van der Waals surface area contributed by atoms with Crippen LogP contribution in [0.2, 0.25) is 0 Å². The van der Waals surface area contributed by atoms with E-state index in [2.05, 4.69) is 49.3 Å². The van der Waals surface area contributed by atoms with E-state index in [-0.39, 0.29) is 0 Å². The third-order valence-electron chi connectivity index (χ3n) is 4.66. The van der Waals surface area contributed by atoms with Crippen LogP contribution in [0.3, 0.4) is 0 Å². The molecule has 2 nitrogen and oxygen atoms in total. The van der Waals surface area contributed by atoms with Gasteiger partial charge in [0.1, 0.15) is 0 Å². The van der Waals surface area contributed by atoms with Crippen molar-refractivity contribution in [3.05, 3.63) is 36.0 Å². The van der Waals surface area contributed by atoms with Gasteiger partial charge in [-0.2, -0.15) is 0 Å². The Hall–Kier alpha value is -1.28. The second kappa shape index (κ2) is 3.61. The number of rotatable bonds is 3. The van der Waals surface area contributed by atoms with E-state index in [9.17, 15) is 0 Å². The molecule has 0 aliphatic heterocycles. The van der Waals surface area contributed by atoms with Crippen LogP contribution in [0.5, 0.6) is 0 Å². The Bertz CT molecular complexity index is 539. The molecular formula is C15H20N2. The highest BCUT2D eigenvalue weighted by Gasteiger charge is 2.56. The molecule has 0 amide bonds. The summed E-state index contributed by atoms with van der Waals surface area (Å²) in [5.74, 6) is 1.43. The third-order valence-corrected chi connectivity index (χ3v) is 4.66. The number of nitrogens with two attached hydrogens (primary N) is 1. The molecule has 17 heavy (non-hydrogen) atoms. The first-order valence-electron chi connectivity index (χ1n) is 6.39. The first-order chi connectivity index (χ1) is 8.14. The lowest BCUT2D eigenvalue weighted by Crippen LogP contribution is -2.05. The van der Waals surface area contributed by atoms with Gasteiger partial charge in [-0.25, -0.2) is 0 Å². The molecule has 0 bridgehead atoms. The zero-order chi connectivity index (χ0) is 12.0. The van der Waals surface area contributed by atoms with Crippen LogP contribution in [-0.4, -0.2) is 11.5 Å². The number of benzene rings is 1. The van der Waals surface area contributed by atoms with Crippen LogP contribution in [0.15, 0.2) is 30.5 Å². The van der Waals surface area contributed by atoms with Crippen molar-refractivity contribution in [3.8, 4) is 0 Å². The molecule has 2 aromatic rings. The summed E-state index contributed by atoms with van der Waals surface area (Å²) in [5.41, 5.74) is 8.94. The highest BCUT2D eigenvalue weighted by Crippen LogP contribution is 2.59. The molecule has 1 fully saturated rings. The van der Waals surface area contributed by atoms with Crippen molar-refractivity contribution in [2.24, 2.45) is 23.0 Å². The molecule has 1 aliphatic rings. The van der Waals surface area contributed by atoms with Gasteiger partial charge >= 0.3 is 0 Å². The van der Waals surface area contributed by atoms with Gasteiger partial charge in [-0.15, -0.1) is 0 Å². The summed E-state index contributed by atoms with van der Waals surface area (Å²) in [5, 5.41) is 1.37. The molecule has 1 aromatic carbocycles. The zero-order valence-electron chi connectivity index (χ0n) is 10.5. The van der Waals surface area contributed by atoms with E-state index in [0.717, 1.165) is 18.9 Å². The molecule has 1 aromatic heterocycles. The lowest BCUT2D eigenvalue weighted by molar-refractivity contribution is 0.536. The van der Waals surface area contributed by atoms with Crippen LogP contribution in [0, 0.1) is 17.3 Å². The van der Waals surface area contributed by atoms with Crippen LogP contribution < -0.4 is 5.73 Å². The predicted molar refractivity (Wildman–Crippen MR) is 71.8 cm³/mol. The molecule has 3 N–H and O–H groups in total. The average Bonchev–Trinajstić information content (AvgIpc) is 2.68. The number of aromatic nitrogens is 1. The summed E-state index contributed by atoms with van der Waals surface area (Å²) in [6.07, 6.45) is 3.31. The Morgan fingerprint density at radius 1 is 1.24 bits per heavy atom. The Kier molecular flexibility index (Phi) is 2.30. The van der Waals surface area contributed by atoms with Crippen molar-refractivity contribution in [3.63, 3.8) is 0 Å². The van der Waals surface area contributed by atoms with Gasteiger partial charge in [-0.1, -0.05) is 32.0 Å². The number of aromatic amines is 1. The zero-order valence-corrected chi connectivity index (χ0v) is 10.5. The Balaban J connectivity index is 1.87. The number of hydrogen-bond donors (Lipinski definition) is 2. The lowest BCUT2D eigenvalue weighted by atomic mass is 10.0. The molecule has 0 radical (unpaired) electrons. The molecule has 1 saturated carbocycles. The van der Waals surface area contributed by atoms with Crippen molar-refractivity contribution in [1.82, 2.24) is 4.98 Å². The van der Waals surface area contributed by atoms with E-state index >= 15 is 0 Å². The van der Waals surface area contributed by atoms with Crippen molar-refractivity contribution >= 4 is 10.9 Å². The van der Waals surface area contributed by atoms with Gasteiger partial charge in [0, 0.05) is 17.1 Å². The Morgan fingerprint density at radius 2 is 2.00 bits per heavy atom. The minimum absolute atomic E-state index is 0.424. The minimum atomic E-state index is 0.424. The van der Waals surface area contributed by atoms with Crippen molar-refractivity contribution in [2.45, 2.75) is 20.3 Å². The molecule has 2 heteroatoms. The summed E-state index contributed by atoms with van der Waals surface area (Å²) in [4.78, 5) is 3.35. The van der Waals surface area contributed by atoms with Crippen LogP contribution in [-0.2, 0) is 6.42 Å². The first kappa shape index (κ1) is 10.8. The van der Waals surface area contributed by atoms with Gasteiger partial charge in [-0.05, 0) is 41.8 Å². The number of nitrogens with one attached hydrogen (secondary N) is 1. The van der Waals surface area contributed by atoms with E-state index < -0.39 is 0 Å². The normalized spacial score (nSPS) is 26.3. The summed E-state index contributed by atoms with van der Waals surface area (Å²) >= 11 is 0. The number of H-pyrrole nitrogens is 1. The largest absolute Gasteiger partial charge is 0.361 e. The van der Waals surface area contributed by atoms with Gasteiger partial charge in [0.15, 0.2) is 0 Å². The highest BCUT2D eigenvalue weighted by atomic mass is 14.7. The summed E-state index contributed by atoms with van der Waals surface area (Å²) in [6, 6.07) is 8.52. The van der Waals surface area contributed by atoms with E-state index in [4.69, 9.17) is 5.73 Å². The maximum Gasteiger partial charge on any atom is 0.0456 e. The van der Waals surface area contributed by atoms with Crippen LogP contribution in [0.4, 0.5) is 0 Å². The Morgan fingerprint density at radius 3 is 2.71 bits per heavy atom. The maximum absolute atomic E-state index is 5.83. The van der Waals surface area contributed by atoms with Gasteiger partial charge < -0.3 is 10.7 Å². The monoisotopic (exact) mass is 228 g/mol. The smallest absolute Gasteiger partial charge is 0.0456 e. The molecule has 0 saturated heterocycles. The average molecular weight is 228 g/mol. The quantitative estimate of drug-likeness (QED) is 0.833. The highest BCUT2D eigenvalue weighted by molar-refractivity contribution is 5.83. The lowest BCUT2D eigenvalue weighted by Gasteiger charge is -2.01. The van der Waals surface area contributed by atoms with E-state index in [0.29, 0.717) is 11.3 Å². The molecule has 0 spiro atoms. The van der Waals surface area contributed by atoms with Crippen molar-refractivity contribution in [2.75, 3.05) is 6.54 Å². The van der Waals surface area contributed by atoms with Crippen LogP contribution >= 0.6 is 0 Å². The topological polar surface area (TPSA) is 41.8 Å². The van der Waals surface area contributed by atoms with Crippen LogP contribution in [0.25, 0.3) is 10.9 Å². The molecule has 90 valence electrons. The van der Waals surface area contributed by atoms with Gasteiger partial charge in [-0.3, -0.25) is 0 Å². The predicted octanol–water partition coefficient (Wildman–Crippen LogP) is 2.94. The molecule has 3 rings (SSSR count). The van der Waals surface area contributed by atoms with Gasteiger partial charge in [0.2, 0.25) is 0 Å². The fourth-order valence-corrected chi connectivity index (χ4v) is 3.27. The molecule has 0 unspecified atom stereocenters. The van der Waals surface area contributed by atoms with E-state index in [1.165, 1.54) is 16.5 Å². The van der Waals surface area contributed by atoms with Crippen molar-refractivity contribution in [1.29, 1.82) is 0 Å².